The van der Waals surface area contributed by atoms with Crippen LogP contribution in [0.15, 0.2) is 30.3 Å². The first-order valence-electron chi connectivity index (χ1n) is 5.93. The van der Waals surface area contributed by atoms with Gasteiger partial charge in [-0.25, -0.2) is 0 Å². The molecule has 1 N–H and O–H groups in total. The van der Waals surface area contributed by atoms with E-state index in [0.29, 0.717) is 18.4 Å². The molecule has 1 nitrogen and oxygen atoms in total. The quantitative estimate of drug-likeness (QED) is 0.754. The highest BCUT2D eigenvalue weighted by atomic mass is 16.3. The van der Waals surface area contributed by atoms with Crippen molar-refractivity contribution in [3.05, 3.63) is 35.9 Å². The number of hydrogen-bond donors (Lipinski definition) is 1. The number of aliphatic hydroxyl groups excluding tert-OH is 1. The summed E-state index contributed by atoms with van der Waals surface area (Å²) in [5.74, 6) is 1.09. The van der Waals surface area contributed by atoms with Crippen LogP contribution in [0, 0.1) is 5.92 Å². The molecule has 2 unspecified atom stereocenters. The van der Waals surface area contributed by atoms with Crippen LogP contribution in [0.2, 0.25) is 0 Å². The summed E-state index contributed by atoms with van der Waals surface area (Å²) in [4.78, 5) is 0. The zero-order valence-corrected chi connectivity index (χ0v) is 9.82. The van der Waals surface area contributed by atoms with Crippen molar-refractivity contribution in [2.24, 2.45) is 5.92 Å². The van der Waals surface area contributed by atoms with Crippen molar-refractivity contribution in [3.8, 4) is 0 Å². The third-order valence-corrected chi connectivity index (χ3v) is 3.08. The van der Waals surface area contributed by atoms with E-state index < -0.39 is 0 Å². The number of rotatable bonds is 6. The van der Waals surface area contributed by atoms with Gasteiger partial charge in [0.2, 0.25) is 0 Å². The summed E-state index contributed by atoms with van der Waals surface area (Å²) in [6.07, 6.45) is 3.48. The van der Waals surface area contributed by atoms with Gasteiger partial charge in [-0.1, -0.05) is 44.2 Å². The van der Waals surface area contributed by atoms with Gasteiger partial charge in [0.05, 0.1) is 0 Å². The van der Waals surface area contributed by atoms with Crippen LogP contribution in [-0.2, 0) is 0 Å². The van der Waals surface area contributed by atoms with Crippen LogP contribution in [0.5, 0.6) is 0 Å². The van der Waals surface area contributed by atoms with E-state index in [1.807, 2.05) is 0 Å². The highest BCUT2D eigenvalue weighted by Crippen LogP contribution is 2.26. The van der Waals surface area contributed by atoms with Crippen LogP contribution in [0.4, 0.5) is 0 Å². The van der Waals surface area contributed by atoms with Gasteiger partial charge in [0, 0.05) is 6.61 Å². The second kappa shape index (κ2) is 6.62. The Bertz CT molecular complexity index is 255. The molecule has 1 aromatic rings. The van der Waals surface area contributed by atoms with Crippen molar-refractivity contribution < 1.29 is 5.11 Å². The normalized spacial score (nSPS) is 14.9. The maximum atomic E-state index is 8.99. The predicted octanol–water partition coefficient (Wildman–Crippen LogP) is 3.59. The Morgan fingerprint density at radius 1 is 1.13 bits per heavy atom. The molecule has 0 aromatic heterocycles. The van der Waals surface area contributed by atoms with E-state index in [9.17, 15) is 0 Å². The number of aliphatic hydroxyl groups is 1. The standard InChI is InChI=1S/C14H22O/c1-3-13(10-9-12(2)11-15)14-7-5-4-6-8-14/h4-8,12-13,15H,3,9-11H2,1-2H3. The Morgan fingerprint density at radius 2 is 1.80 bits per heavy atom. The first-order valence-corrected chi connectivity index (χ1v) is 5.93. The van der Waals surface area contributed by atoms with Crippen molar-refractivity contribution in [1.29, 1.82) is 0 Å². The zero-order valence-electron chi connectivity index (χ0n) is 9.82. The Morgan fingerprint density at radius 3 is 2.33 bits per heavy atom. The van der Waals surface area contributed by atoms with E-state index in [-0.39, 0.29) is 0 Å². The Kier molecular flexibility index (Phi) is 5.41. The number of hydrogen-bond acceptors (Lipinski definition) is 1. The van der Waals surface area contributed by atoms with Gasteiger partial charge < -0.3 is 5.11 Å². The summed E-state index contributed by atoms with van der Waals surface area (Å²) in [5, 5.41) is 8.99. The molecule has 0 amide bonds. The van der Waals surface area contributed by atoms with Gasteiger partial charge in [0.15, 0.2) is 0 Å². The van der Waals surface area contributed by atoms with Gasteiger partial charge in [0.25, 0.3) is 0 Å². The molecule has 15 heavy (non-hydrogen) atoms. The lowest BCUT2D eigenvalue weighted by molar-refractivity contribution is 0.225. The van der Waals surface area contributed by atoms with Crippen molar-refractivity contribution in [2.75, 3.05) is 6.61 Å². The van der Waals surface area contributed by atoms with E-state index >= 15 is 0 Å². The molecule has 0 aliphatic heterocycles. The minimum Gasteiger partial charge on any atom is -0.396 e. The molecule has 1 heteroatoms. The molecular formula is C14H22O. The van der Waals surface area contributed by atoms with Crippen molar-refractivity contribution >= 4 is 0 Å². The van der Waals surface area contributed by atoms with Crippen LogP contribution < -0.4 is 0 Å². The maximum absolute atomic E-state index is 8.99. The van der Waals surface area contributed by atoms with Gasteiger partial charge in [-0.05, 0) is 36.7 Å². The van der Waals surface area contributed by atoms with Gasteiger partial charge in [-0.3, -0.25) is 0 Å². The van der Waals surface area contributed by atoms with Crippen LogP contribution in [0.3, 0.4) is 0 Å². The zero-order chi connectivity index (χ0) is 11.1. The first-order chi connectivity index (χ1) is 7.27. The molecular weight excluding hydrogens is 184 g/mol. The van der Waals surface area contributed by atoms with E-state index in [1.165, 1.54) is 18.4 Å². The molecule has 2 atom stereocenters. The molecule has 0 saturated heterocycles. The monoisotopic (exact) mass is 206 g/mol. The van der Waals surface area contributed by atoms with E-state index in [2.05, 4.69) is 44.2 Å². The maximum Gasteiger partial charge on any atom is 0.0456 e. The summed E-state index contributed by atoms with van der Waals surface area (Å²) < 4.78 is 0. The average molecular weight is 206 g/mol. The lowest BCUT2D eigenvalue weighted by Gasteiger charge is -2.17. The third kappa shape index (κ3) is 4.05. The highest BCUT2D eigenvalue weighted by Gasteiger charge is 2.10. The Balaban J connectivity index is 2.50. The molecule has 0 aliphatic rings. The lowest BCUT2D eigenvalue weighted by atomic mass is 9.89. The molecule has 84 valence electrons. The molecule has 0 radical (unpaired) electrons. The highest BCUT2D eigenvalue weighted by molar-refractivity contribution is 5.19. The largest absolute Gasteiger partial charge is 0.396 e. The lowest BCUT2D eigenvalue weighted by Crippen LogP contribution is -2.04. The van der Waals surface area contributed by atoms with E-state index in [4.69, 9.17) is 5.11 Å². The fraction of sp³-hybridized carbons (Fsp3) is 0.571. The SMILES string of the molecule is CCC(CCC(C)CO)c1ccccc1. The van der Waals surface area contributed by atoms with Crippen molar-refractivity contribution in [2.45, 2.75) is 39.0 Å². The first kappa shape index (κ1) is 12.3. The Labute approximate surface area is 93.1 Å². The van der Waals surface area contributed by atoms with Gasteiger partial charge >= 0.3 is 0 Å². The fourth-order valence-electron chi connectivity index (χ4n) is 1.91. The van der Waals surface area contributed by atoms with Crippen LogP contribution in [0.1, 0.15) is 44.6 Å². The summed E-state index contributed by atoms with van der Waals surface area (Å²) in [6.45, 7) is 4.66. The van der Waals surface area contributed by atoms with E-state index in [0.717, 1.165) is 6.42 Å². The molecule has 0 heterocycles. The minimum absolute atomic E-state index is 0.311. The average Bonchev–Trinajstić information content (AvgIpc) is 2.31. The van der Waals surface area contributed by atoms with Gasteiger partial charge in [-0.2, -0.15) is 0 Å². The number of benzene rings is 1. The second-order valence-electron chi connectivity index (χ2n) is 4.38. The van der Waals surface area contributed by atoms with Gasteiger partial charge in [-0.15, -0.1) is 0 Å². The molecule has 0 spiro atoms. The van der Waals surface area contributed by atoms with Gasteiger partial charge in [0.1, 0.15) is 0 Å². The fourth-order valence-corrected chi connectivity index (χ4v) is 1.91. The minimum atomic E-state index is 0.311. The smallest absolute Gasteiger partial charge is 0.0456 e. The predicted molar refractivity (Wildman–Crippen MR) is 65.0 cm³/mol. The van der Waals surface area contributed by atoms with Crippen molar-refractivity contribution in [3.63, 3.8) is 0 Å². The summed E-state index contributed by atoms with van der Waals surface area (Å²) in [5.41, 5.74) is 1.44. The van der Waals surface area contributed by atoms with Crippen LogP contribution in [0.25, 0.3) is 0 Å². The molecule has 1 aromatic carbocycles. The molecule has 0 saturated carbocycles. The Hall–Kier alpha value is -0.820. The van der Waals surface area contributed by atoms with E-state index in [1.54, 1.807) is 0 Å². The summed E-state index contributed by atoms with van der Waals surface area (Å²) in [7, 11) is 0. The molecule has 0 bridgehead atoms. The van der Waals surface area contributed by atoms with Crippen LogP contribution in [-0.4, -0.2) is 11.7 Å². The molecule has 0 fully saturated rings. The summed E-state index contributed by atoms with van der Waals surface area (Å²) >= 11 is 0. The third-order valence-electron chi connectivity index (χ3n) is 3.08. The van der Waals surface area contributed by atoms with Crippen molar-refractivity contribution in [1.82, 2.24) is 0 Å². The topological polar surface area (TPSA) is 20.2 Å². The molecule has 0 aliphatic carbocycles. The molecule has 1 rings (SSSR count). The second-order valence-corrected chi connectivity index (χ2v) is 4.38. The van der Waals surface area contributed by atoms with Crippen LogP contribution >= 0.6 is 0 Å². The summed E-state index contributed by atoms with van der Waals surface area (Å²) in [6, 6.07) is 10.7.